The fraction of sp³-hybridized carbons (Fsp3) is 0.929. The van der Waals surface area contributed by atoms with E-state index in [-0.39, 0.29) is 5.41 Å². The molecule has 1 aliphatic carbocycles. The Bertz CT molecular complexity index is 263. The molecular formula is C14H25NO2. The highest BCUT2D eigenvalue weighted by Crippen LogP contribution is 2.36. The molecule has 0 bridgehead atoms. The molecule has 1 saturated heterocycles. The van der Waals surface area contributed by atoms with Gasteiger partial charge in [0.15, 0.2) is 0 Å². The standard InChI is InChI=1S/C14H25NO2/c1-14(11-13(16)17)7-9-15(10-8-14)12-5-3-2-4-6-12/h12H,2-11H2,1H3,(H,16,17). The Morgan fingerprint density at radius 2 is 1.82 bits per heavy atom. The molecule has 17 heavy (non-hydrogen) atoms. The molecule has 0 aromatic heterocycles. The molecule has 1 aliphatic heterocycles. The third kappa shape index (κ3) is 3.44. The maximum Gasteiger partial charge on any atom is 0.303 e. The molecule has 0 unspecified atom stereocenters. The fourth-order valence-electron chi connectivity index (χ4n) is 3.42. The van der Waals surface area contributed by atoms with E-state index in [1.54, 1.807) is 0 Å². The molecule has 0 aromatic rings. The first-order valence-electron chi connectivity index (χ1n) is 7.05. The number of piperidine rings is 1. The van der Waals surface area contributed by atoms with Gasteiger partial charge in [0.1, 0.15) is 0 Å². The Labute approximate surface area is 104 Å². The molecule has 1 saturated carbocycles. The highest BCUT2D eigenvalue weighted by atomic mass is 16.4. The minimum atomic E-state index is -0.640. The van der Waals surface area contributed by atoms with Gasteiger partial charge in [-0.1, -0.05) is 26.2 Å². The summed E-state index contributed by atoms with van der Waals surface area (Å²) >= 11 is 0. The summed E-state index contributed by atoms with van der Waals surface area (Å²) in [4.78, 5) is 13.5. The lowest BCUT2D eigenvalue weighted by atomic mass is 9.77. The van der Waals surface area contributed by atoms with Gasteiger partial charge in [0.25, 0.3) is 0 Å². The van der Waals surface area contributed by atoms with Gasteiger partial charge in [-0.05, 0) is 44.2 Å². The highest BCUT2D eigenvalue weighted by Gasteiger charge is 2.34. The molecule has 0 aromatic carbocycles. The molecule has 0 atom stereocenters. The zero-order chi connectivity index (χ0) is 12.3. The zero-order valence-corrected chi connectivity index (χ0v) is 11.0. The van der Waals surface area contributed by atoms with E-state index < -0.39 is 5.97 Å². The van der Waals surface area contributed by atoms with E-state index >= 15 is 0 Å². The van der Waals surface area contributed by atoms with E-state index in [1.165, 1.54) is 32.1 Å². The Hall–Kier alpha value is -0.570. The zero-order valence-electron chi connectivity index (χ0n) is 11.0. The van der Waals surface area contributed by atoms with E-state index in [0.717, 1.165) is 32.0 Å². The summed E-state index contributed by atoms with van der Waals surface area (Å²) in [6, 6.07) is 0.790. The fourth-order valence-corrected chi connectivity index (χ4v) is 3.42. The third-order valence-corrected chi connectivity index (χ3v) is 4.67. The van der Waals surface area contributed by atoms with Crippen LogP contribution in [0.3, 0.4) is 0 Å². The maximum atomic E-state index is 10.8. The van der Waals surface area contributed by atoms with Crippen LogP contribution >= 0.6 is 0 Å². The first-order chi connectivity index (χ1) is 8.09. The summed E-state index contributed by atoms with van der Waals surface area (Å²) in [6.45, 7) is 4.35. The summed E-state index contributed by atoms with van der Waals surface area (Å²) in [5.74, 6) is -0.640. The average molecular weight is 239 g/mol. The molecular weight excluding hydrogens is 214 g/mol. The SMILES string of the molecule is CC1(CC(=O)O)CCN(C2CCCCC2)CC1. The molecule has 0 spiro atoms. The van der Waals surface area contributed by atoms with Crippen molar-refractivity contribution >= 4 is 5.97 Å². The smallest absolute Gasteiger partial charge is 0.303 e. The number of hydrogen-bond donors (Lipinski definition) is 1. The molecule has 98 valence electrons. The van der Waals surface area contributed by atoms with Crippen molar-refractivity contribution in [2.75, 3.05) is 13.1 Å². The second kappa shape index (κ2) is 5.38. The van der Waals surface area contributed by atoms with Crippen LogP contribution in [0, 0.1) is 5.41 Å². The molecule has 0 radical (unpaired) electrons. The Kier molecular flexibility index (Phi) is 4.08. The van der Waals surface area contributed by atoms with Crippen LogP contribution in [0.15, 0.2) is 0 Å². The summed E-state index contributed by atoms with van der Waals surface area (Å²) in [6.07, 6.45) is 9.32. The summed E-state index contributed by atoms with van der Waals surface area (Å²) in [5, 5.41) is 8.93. The number of rotatable bonds is 3. The van der Waals surface area contributed by atoms with Crippen LogP contribution in [0.25, 0.3) is 0 Å². The minimum Gasteiger partial charge on any atom is -0.481 e. The predicted octanol–water partition coefficient (Wildman–Crippen LogP) is 2.90. The van der Waals surface area contributed by atoms with Gasteiger partial charge in [-0.15, -0.1) is 0 Å². The second-order valence-corrected chi connectivity index (χ2v) is 6.21. The van der Waals surface area contributed by atoms with Gasteiger partial charge in [-0.25, -0.2) is 0 Å². The van der Waals surface area contributed by atoms with E-state index in [4.69, 9.17) is 5.11 Å². The van der Waals surface area contributed by atoms with Crippen molar-refractivity contribution < 1.29 is 9.90 Å². The monoisotopic (exact) mass is 239 g/mol. The molecule has 1 heterocycles. The first-order valence-corrected chi connectivity index (χ1v) is 7.05. The molecule has 2 rings (SSSR count). The first kappa shape index (κ1) is 12.9. The number of carbonyl (C=O) groups is 1. The largest absolute Gasteiger partial charge is 0.481 e. The Morgan fingerprint density at radius 3 is 2.35 bits per heavy atom. The van der Waals surface area contributed by atoms with Crippen LogP contribution in [-0.2, 0) is 4.79 Å². The Balaban J connectivity index is 1.82. The summed E-state index contributed by atoms with van der Waals surface area (Å²) < 4.78 is 0. The quantitative estimate of drug-likeness (QED) is 0.823. The number of likely N-dealkylation sites (tertiary alicyclic amines) is 1. The van der Waals surface area contributed by atoms with Crippen LogP contribution in [0.2, 0.25) is 0 Å². The lowest BCUT2D eigenvalue weighted by molar-refractivity contribution is -0.140. The summed E-state index contributed by atoms with van der Waals surface area (Å²) in [7, 11) is 0. The molecule has 2 fully saturated rings. The number of nitrogens with zero attached hydrogens (tertiary/aromatic N) is 1. The molecule has 0 amide bonds. The molecule has 1 N–H and O–H groups in total. The van der Waals surface area contributed by atoms with Crippen LogP contribution in [0.4, 0.5) is 0 Å². The molecule has 3 nitrogen and oxygen atoms in total. The van der Waals surface area contributed by atoms with Gasteiger partial charge in [-0.2, -0.15) is 0 Å². The molecule has 2 aliphatic rings. The van der Waals surface area contributed by atoms with Crippen molar-refractivity contribution in [3.8, 4) is 0 Å². The number of hydrogen-bond acceptors (Lipinski definition) is 2. The Morgan fingerprint density at radius 1 is 1.24 bits per heavy atom. The van der Waals surface area contributed by atoms with Gasteiger partial charge in [0.05, 0.1) is 6.42 Å². The van der Waals surface area contributed by atoms with Gasteiger partial charge >= 0.3 is 5.97 Å². The van der Waals surface area contributed by atoms with E-state index in [2.05, 4.69) is 11.8 Å². The lowest BCUT2D eigenvalue weighted by Crippen LogP contribution is -2.45. The second-order valence-electron chi connectivity index (χ2n) is 6.21. The van der Waals surface area contributed by atoms with Crippen LogP contribution in [-0.4, -0.2) is 35.1 Å². The maximum absolute atomic E-state index is 10.8. The van der Waals surface area contributed by atoms with Gasteiger partial charge in [-0.3, -0.25) is 4.79 Å². The van der Waals surface area contributed by atoms with Gasteiger partial charge in [0, 0.05) is 6.04 Å². The topological polar surface area (TPSA) is 40.5 Å². The van der Waals surface area contributed by atoms with Gasteiger partial charge in [0.2, 0.25) is 0 Å². The average Bonchev–Trinajstić information content (AvgIpc) is 2.29. The van der Waals surface area contributed by atoms with Crippen molar-refractivity contribution in [3.05, 3.63) is 0 Å². The number of aliphatic carboxylic acids is 1. The van der Waals surface area contributed by atoms with Gasteiger partial charge < -0.3 is 10.0 Å². The normalized spacial score (nSPS) is 26.9. The van der Waals surface area contributed by atoms with Crippen LogP contribution < -0.4 is 0 Å². The molecule has 3 heteroatoms. The lowest BCUT2D eigenvalue weighted by Gasteiger charge is -2.43. The van der Waals surface area contributed by atoms with E-state index in [1.807, 2.05) is 0 Å². The van der Waals surface area contributed by atoms with E-state index in [9.17, 15) is 4.79 Å². The van der Waals surface area contributed by atoms with Crippen molar-refractivity contribution in [3.63, 3.8) is 0 Å². The predicted molar refractivity (Wildman–Crippen MR) is 68.0 cm³/mol. The van der Waals surface area contributed by atoms with E-state index in [0.29, 0.717) is 6.42 Å². The highest BCUT2D eigenvalue weighted by molar-refractivity contribution is 5.67. The third-order valence-electron chi connectivity index (χ3n) is 4.67. The van der Waals surface area contributed by atoms with Crippen molar-refractivity contribution in [2.24, 2.45) is 5.41 Å². The van der Waals surface area contributed by atoms with Crippen LogP contribution in [0.1, 0.15) is 58.3 Å². The van der Waals surface area contributed by atoms with Crippen molar-refractivity contribution in [1.82, 2.24) is 4.90 Å². The summed E-state index contributed by atoms with van der Waals surface area (Å²) in [5.41, 5.74) is 0.0387. The van der Waals surface area contributed by atoms with Crippen LogP contribution in [0.5, 0.6) is 0 Å². The van der Waals surface area contributed by atoms with Crippen molar-refractivity contribution in [1.29, 1.82) is 0 Å². The van der Waals surface area contributed by atoms with Crippen molar-refractivity contribution in [2.45, 2.75) is 64.3 Å². The number of carboxylic acids is 1. The minimum absolute atomic E-state index is 0.0387. The number of carboxylic acid groups (broad SMARTS) is 1.